The van der Waals surface area contributed by atoms with Crippen molar-refractivity contribution in [2.24, 2.45) is 20.0 Å². The van der Waals surface area contributed by atoms with Crippen LogP contribution in [0.2, 0.25) is 0 Å². The molecule has 0 N–H and O–H groups in total. The van der Waals surface area contributed by atoms with E-state index in [1.807, 2.05) is 24.9 Å². The number of aliphatic imine (C=N–C) groups is 4. The van der Waals surface area contributed by atoms with E-state index in [2.05, 4.69) is 81.9 Å². The molecule has 0 aliphatic carbocycles. The summed E-state index contributed by atoms with van der Waals surface area (Å²) in [6, 6.07) is 27.0. The van der Waals surface area contributed by atoms with Crippen LogP contribution in [0.1, 0.15) is 70.2 Å². The number of hydrogen-bond donors (Lipinski definition) is 0. The Morgan fingerprint density at radius 1 is 0.370 bits per heavy atom. The molecule has 226 valence electrons. The molecule has 46 heavy (non-hydrogen) atoms. The van der Waals surface area contributed by atoms with E-state index in [0.29, 0.717) is 0 Å². The zero-order valence-electron chi connectivity index (χ0n) is 26.0. The molecular weight excluding hydrogens is 564 g/mol. The zero-order chi connectivity index (χ0) is 30.5. The standard InChI is InChI=1S/C40H36N6/c1-5-33-34-6-2-22-42-38(34)45(37(33)41-21-1)31-17-13-29(14-18-31)25-27-9-11-28(12-10-27)26-30-15-19-32(20-16-30)46-39-35(7-3-23-43-39)36-8-4-24-44-40(36)46/h9-24H,1-8,25-26H2. The fraction of sp³-hybridized carbons (Fsp3) is 0.250. The monoisotopic (exact) mass is 600 g/mol. The molecule has 6 nitrogen and oxygen atoms in total. The summed E-state index contributed by atoms with van der Waals surface area (Å²) in [5.41, 5.74) is 13.1. The molecule has 0 amide bonds. The third-order valence-corrected chi connectivity index (χ3v) is 9.83. The molecule has 6 heteroatoms. The lowest BCUT2D eigenvalue weighted by Crippen LogP contribution is -1.98. The molecule has 5 aromatic rings. The van der Waals surface area contributed by atoms with E-state index >= 15 is 0 Å². The first kappa shape index (κ1) is 27.2. The molecule has 0 saturated carbocycles. The van der Waals surface area contributed by atoms with Crippen molar-refractivity contribution in [2.75, 3.05) is 0 Å². The van der Waals surface area contributed by atoms with E-state index in [0.717, 1.165) is 98.9 Å². The maximum Gasteiger partial charge on any atom is 0.141 e. The Morgan fingerprint density at radius 3 is 0.913 bits per heavy atom. The largest absolute Gasteiger partial charge is 0.279 e. The number of aromatic nitrogens is 2. The van der Waals surface area contributed by atoms with Gasteiger partial charge in [-0.25, -0.2) is 20.0 Å². The molecule has 0 bridgehead atoms. The maximum atomic E-state index is 4.80. The molecule has 0 atom stereocenters. The van der Waals surface area contributed by atoms with E-state index in [1.54, 1.807) is 0 Å². The lowest BCUT2D eigenvalue weighted by atomic mass is 10.00. The van der Waals surface area contributed by atoms with Crippen molar-refractivity contribution < 1.29 is 0 Å². The van der Waals surface area contributed by atoms with Crippen LogP contribution >= 0.6 is 0 Å². The van der Waals surface area contributed by atoms with Crippen molar-refractivity contribution in [3.8, 4) is 11.4 Å². The minimum atomic E-state index is 0.907. The van der Waals surface area contributed by atoms with Gasteiger partial charge in [0.15, 0.2) is 0 Å². The quantitative estimate of drug-likeness (QED) is 0.187. The normalized spacial score (nSPS) is 15.8. The summed E-state index contributed by atoms with van der Waals surface area (Å²) in [6.45, 7) is 0. The Bertz CT molecular complexity index is 1840. The van der Waals surface area contributed by atoms with Gasteiger partial charge >= 0.3 is 0 Å². The lowest BCUT2D eigenvalue weighted by Gasteiger charge is -2.13. The van der Waals surface area contributed by atoms with Gasteiger partial charge in [-0.2, -0.15) is 0 Å². The number of benzene rings is 3. The predicted octanol–water partition coefficient (Wildman–Crippen LogP) is 9.04. The molecule has 4 aliphatic heterocycles. The van der Waals surface area contributed by atoms with E-state index in [1.165, 1.54) is 44.5 Å². The number of nitrogens with zero attached hydrogens (tertiary/aromatic N) is 6. The Kier molecular flexibility index (Phi) is 6.73. The van der Waals surface area contributed by atoms with Crippen molar-refractivity contribution in [1.82, 2.24) is 9.13 Å². The third-order valence-electron chi connectivity index (χ3n) is 9.83. The second kappa shape index (κ2) is 11.4. The summed E-state index contributed by atoms with van der Waals surface area (Å²) < 4.78 is 4.51. The fourth-order valence-electron chi connectivity index (χ4n) is 7.57. The zero-order valence-corrected chi connectivity index (χ0v) is 26.0. The van der Waals surface area contributed by atoms with Crippen LogP contribution in [0, 0.1) is 0 Å². The number of fused-ring (bicyclic) bond motifs is 6. The summed E-state index contributed by atoms with van der Waals surface area (Å²) in [7, 11) is 0. The molecule has 0 unspecified atom stereocenters. The van der Waals surface area contributed by atoms with Gasteiger partial charge in [0, 0.05) is 58.5 Å². The molecule has 9 rings (SSSR count). The van der Waals surface area contributed by atoms with Crippen LogP contribution in [-0.2, 0) is 38.5 Å². The van der Waals surface area contributed by atoms with E-state index in [4.69, 9.17) is 20.0 Å². The van der Waals surface area contributed by atoms with Crippen LogP contribution in [0.25, 0.3) is 11.4 Å². The molecular formula is C40H36N6. The number of hydrogen-bond acceptors (Lipinski definition) is 4. The Morgan fingerprint density at radius 2 is 0.630 bits per heavy atom. The average Bonchev–Trinajstić information content (AvgIpc) is 3.63. The SMILES string of the molecule is C1=Nc2c(c3c(n2-c2ccc(Cc4ccc(Cc5ccc(-n6c7c(c8c6N=CCC8)CCC=N7)cc5)cc4)cc2)N=CCC3)CC1. The van der Waals surface area contributed by atoms with Gasteiger partial charge in [-0.15, -0.1) is 0 Å². The van der Waals surface area contributed by atoms with E-state index < -0.39 is 0 Å². The fourth-order valence-corrected chi connectivity index (χ4v) is 7.57. The van der Waals surface area contributed by atoms with Crippen LogP contribution in [0.4, 0.5) is 23.3 Å². The van der Waals surface area contributed by atoms with Crippen LogP contribution in [0.5, 0.6) is 0 Å². The van der Waals surface area contributed by atoms with Crippen LogP contribution in [-0.4, -0.2) is 34.0 Å². The first-order valence-corrected chi connectivity index (χ1v) is 16.7. The maximum absolute atomic E-state index is 4.80. The van der Waals surface area contributed by atoms with Crippen LogP contribution in [0.15, 0.2) is 92.8 Å². The highest BCUT2D eigenvalue weighted by Gasteiger charge is 2.26. The molecule has 0 saturated heterocycles. The second-order valence-corrected chi connectivity index (χ2v) is 12.8. The van der Waals surface area contributed by atoms with Crippen molar-refractivity contribution in [3.05, 3.63) is 117 Å². The first-order chi connectivity index (χ1) is 22.8. The first-order valence-electron chi connectivity index (χ1n) is 16.7. The van der Waals surface area contributed by atoms with Crippen molar-refractivity contribution >= 4 is 48.1 Å². The summed E-state index contributed by atoms with van der Waals surface area (Å²) in [6.07, 6.45) is 18.3. The Labute approximate surface area is 269 Å². The van der Waals surface area contributed by atoms with E-state index in [-0.39, 0.29) is 0 Å². The van der Waals surface area contributed by atoms with Gasteiger partial charge in [-0.05, 0) is 111 Å². The molecule has 4 aliphatic rings. The van der Waals surface area contributed by atoms with Crippen molar-refractivity contribution in [3.63, 3.8) is 0 Å². The smallest absolute Gasteiger partial charge is 0.141 e. The van der Waals surface area contributed by atoms with Crippen LogP contribution < -0.4 is 0 Å². The minimum absolute atomic E-state index is 0.907. The lowest BCUT2D eigenvalue weighted by molar-refractivity contribution is 0.960. The molecule has 0 fully saturated rings. The van der Waals surface area contributed by atoms with Gasteiger partial charge in [-0.1, -0.05) is 48.5 Å². The van der Waals surface area contributed by atoms with Crippen molar-refractivity contribution in [1.29, 1.82) is 0 Å². The summed E-state index contributed by atoms with van der Waals surface area (Å²) >= 11 is 0. The third kappa shape index (κ3) is 4.71. The summed E-state index contributed by atoms with van der Waals surface area (Å²) in [5.74, 6) is 4.27. The summed E-state index contributed by atoms with van der Waals surface area (Å²) in [4.78, 5) is 19.2. The second-order valence-electron chi connectivity index (χ2n) is 12.8. The van der Waals surface area contributed by atoms with E-state index in [9.17, 15) is 0 Å². The Balaban J connectivity index is 0.897. The van der Waals surface area contributed by atoms with Gasteiger partial charge < -0.3 is 0 Å². The van der Waals surface area contributed by atoms with Gasteiger partial charge in [0.05, 0.1) is 0 Å². The Hall–Kier alpha value is -5.10. The van der Waals surface area contributed by atoms with Crippen molar-refractivity contribution in [2.45, 2.75) is 64.2 Å². The van der Waals surface area contributed by atoms with Gasteiger partial charge in [-0.3, -0.25) is 9.13 Å². The highest BCUT2D eigenvalue weighted by molar-refractivity contribution is 5.79. The van der Waals surface area contributed by atoms with Gasteiger partial charge in [0.2, 0.25) is 0 Å². The molecule has 3 aromatic carbocycles. The molecule has 0 radical (unpaired) electrons. The molecule has 0 spiro atoms. The molecule has 2 aromatic heterocycles. The highest BCUT2D eigenvalue weighted by Crippen LogP contribution is 2.43. The topological polar surface area (TPSA) is 59.3 Å². The van der Waals surface area contributed by atoms with Crippen LogP contribution in [0.3, 0.4) is 0 Å². The minimum Gasteiger partial charge on any atom is -0.279 e. The van der Waals surface area contributed by atoms with Gasteiger partial charge in [0.1, 0.15) is 23.3 Å². The summed E-state index contributed by atoms with van der Waals surface area (Å²) in [5, 5.41) is 0. The molecule has 6 heterocycles. The predicted molar refractivity (Wildman–Crippen MR) is 189 cm³/mol. The van der Waals surface area contributed by atoms with Gasteiger partial charge in [0.25, 0.3) is 0 Å². The highest BCUT2D eigenvalue weighted by atomic mass is 15.2. The number of rotatable bonds is 6. The average molecular weight is 601 g/mol.